The Bertz CT molecular complexity index is 143. The van der Waals surface area contributed by atoms with Crippen LogP contribution in [0.4, 0.5) is 0 Å². The van der Waals surface area contributed by atoms with Gasteiger partial charge in [-0.1, -0.05) is 6.92 Å². The van der Waals surface area contributed by atoms with Crippen molar-refractivity contribution in [3.63, 3.8) is 0 Å². The van der Waals surface area contributed by atoms with Crippen molar-refractivity contribution in [2.45, 2.75) is 45.7 Å². The lowest BCUT2D eigenvalue weighted by Gasteiger charge is -2.43. The molecule has 12 heavy (non-hydrogen) atoms. The molecule has 1 N–H and O–H groups in total. The summed E-state index contributed by atoms with van der Waals surface area (Å²) in [5, 5.41) is 3.47. The van der Waals surface area contributed by atoms with Crippen molar-refractivity contribution in [1.82, 2.24) is 10.2 Å². The van der Waals surface area contributed by atoms with Crippen molar-refractivity contribution in [3.8, 4) is 0 Å². The van der Waals surface area contributed by atoms with Gasteiger partial charge in [0.2, 0.25) is 0 Å². The molecule has 0 amide bonds. The molecule has 0 aliphatic carbocycles. The molecule has 0 aromatic rings. The minimum atomic E-state index is 0.385. The summed E-state index contributed by atoms with van der Waals surface area (Å²) in [6.45, 7) is 12.7. The van der Waals surface area contributed by atoms with Crippen LogP contribution in [0, 0.1) is 0 Å². The highest BCUT2D eigenvalue weighted by atomic mass is 15.2. The van der Waals surface area contributed by atoms with Crippen LogP contribution in [0.1, 0.15) is 34.1 Å². The minimum Gasteiger partial charge on any atom is -0.312 e. The maximum Gasteiger partial charge on any atom is 0.0167 e. The number of hydrogen-bond acceptors (Lipinski definition) is 2. The molecule has 0 aromatic carbocycles. The van der Waals surface area contributed by atoms with Gasteiger partial charge in [-0.3, -0.25) is 4.90 Å². The SMILES string of the molecule is CCC(C)(C)N1CCN[C@H](C)C1. The van der Waals surface area contributed by atoms with E-state index in [2.05, 4.69) is 37.9 Å². The predicted octanol–water partition coefficient (Wildman–Crippen LogP) is 1.47. The quantitative estimate of drug-likeness (QED) is 0.675. The second kappa shape index (κ2) is 3.75. The molecule has 0 radical (unpaired) electrons. The van der Waals surface area contributed by atoms with Crippen LogP contribution in [-0.2, 0) is 0 Å². The van der Waals surface area contributed by atoms with Crippen molar-refractivity contribution in [2.75, 3.05) is 19.6 Å². The molecular formula is C10H22N2. The summed E-state index contributed by atoms with van der Waals surface area (Å²) in [5.74, 6) is 0. The largest absolute Gasteiger partial charge is 0.312 e. The number of hydrogen-bond donors (Lipinski definition) is 1. The summed E-state index contributed by atoms with van der Waals surface area (Å²) in [5.41, 5.74) is 0.385. The van der Waals surface area contributed by atoms with Crippen LogP contribution < -0.4 is 5.32 Å². The van der Waals surface area contributed by atoms with Gasteiger partial charge in [-0.25, -0.2) is 0 Å². The van der Waals surface area contributed by atoms with Gasteiger partial charge in [0.25, 0.3) is 0 Å². The summed E-state index contributed by atoms with van der Waals surface area (Å²) < 4.78 is 0. The van der Waals surface area contributed by atoms with E-state index in [1.54, 1.807) is 0 Å². The van der Waals surface area contributed by atoms with E-state index in [4.69, 9.17) is 0 Å². The van der Waals surface area contributed by atoms with Crippen molar-refractivity contribution in [1.29, 1.82) is 0 Å². The first-order valence-corrected chi connectivity index (χ1v) is 5.04. The predicted molar refractivity (Wildman–Crippen MR) is 53.4 cm³/mol. The fourth-order valence-corrected chi connectivity index (χ4v) is 1.71. The van der Waals surface area contributed by atoms with E-state index in [-0.39, 0.29) is 0 Å². The molecule has 2 heteroatoms. The lowest BCUT2D eigenvalue weighted by Crippen LogP contribution is -2.56. The molecule has 0 spiro atoms. The van der Waals surface area contributed by atoms with Gasteiger partial charge in [-0.15, -0.1) is 0 Å². The van der Waals surface area contributed by atoms with Crippen molar-refractivity contribution in [2.24, 2.45) is 0 Å². The fourth-order valence-electron chi connectivity index (χ4n) is 1.71. The molecule has 1 saturated heterocycles. The average molecular weight is 170 g/mol. The van der Waals surface area contributed by atoms with E-state index >= 15 is 0 Å². The van der Waals surface area contributed by atoms with Crippen molar-refractivity contribution >= 4 is 0 Å². The second-order valence-electron chi connectivity index (χ2n) is 4.47. The third-order valence-electron chi connectivity index (χ3n) is 3.09. The zero-order valence-electron chi connectivity index (χ0n) is 8.85. The Balaban J connectivity index is 2.50. The van der Waals surface area contributed by atoms with Gasteiger partial charge in [-0.2, -0.15) is 0 Å². The minimum absolute atomic E-state index is 0.385. The normalized spacial score (nSPS) is 27.5. The van der Waals surface area contributed by atoms with Crippen molar-refractivity contribution in [3.05, 3.63) is 0 Å². The third-order valence-corrected chi connectivity index (χ3v) is 3.09. The highest BCUT2D eigenvalue weighted by Crippen LogP contribution is 2.19. The van der Waals surface area contributed by atoms with Crippen LogP contribution in [0.15, 0.2) is 0 Å². The molecule has 1 heterocycles. The summed E-state index contributed by atoms with van der Waals surface area (Å²) in [7, 11) is 0. The lowest BCUT2D eigenvalue weighted by atomic mass is 9.97. The molecule has 0 saturated carbocycles. The molecule has 0 unspecified atom stereocenters. The van der Waals surface area contributed by atoms with Gasteiger partial charge in [-0.05, 0) is 27.2 Å². The zero-order valence-corrected chi connectivity index (χ0v) is 8.85. The molecule has 1 aliphatic heterocycles. The number of nitrogens with zero attached hydrogens (tertiary/aromatic N) is 1. The lowest BCUT2D eigenvalue weighted by molar-refractivity contribution is 0.0828. The van der Waals surface area contributed by atoms with Gasteiger partial charge in [0.05, 0.1) is 0 Å². The van der Waals surface area contributed by atoms with Crippen LogP contribution in [-0.4, -0.2) is 36.1 Å². The Morgan fingerprint density at radius 1 is 1.50 bits per heavy atom. The van der Waals surface area contributed by atoms with Gasteiger partial charge in [0, 0.05) is 31.2 Å². The molecule has 0 bridgehead atoms. The molecule has 72 valence electrons. The maximum atomic E-state index is 3.47. The Morgan fingerprint density at radius 2 is 2.17 bits per heavy atom. The Labute approximate surface area is 76.3 Å². The van der Waals surface area contributed by atoms with Gasteiger partial charge in [0.1, 0.15) is 0 Å². The van der Waals surface area contributed by atoms with Gasteiger partial charge < -0.3 is 5.32 Å². The van der Waals surface area contributed by atoms with E-state index in [9.17, 15) is 0 Å². The van der Waals surface area contributed by atoms with E-state index in [0.29, 0.717) is 11.6 Å². The van der Waals surface area contributed by atoms with Crippen LogP contribution in [0.5, 0.6) is 0 Å². The van der Waals surface area contributed by atoms with Crippen molar-refractivity contribution < 1.29 is 0 Å². The smallest absolute Gasteiger partial charge is 0.0167 e. The number of rotatable bonds is 2. The summed E-state index contributed by atoms with van der Waals surface area (Å²) >= 11 is 0. The summed E-state index contributed by atoms with van der Waals surface area (Å²) in [6, 6.07) is 0.657. The maximum absolute atomic E-state index is 3.47. The summed E-state index contributed by atoms with van der Waals surface area (Å²) in [4.78, 5) is 2.59. The Hall–Kier alpha value is -0.0800. The molecule has 0 aromatic heterocycles. The van der Waals surface area contributed by atoms with Gasteiger partial charge in [0.15, 0.2) is 0 Å². The standard InChI is InChI=1S/C10H22N2/c1-5-10(3,4)12-7-6-11-9(2)8-12/h9,11H,5-8H2,1-4H3/t9-/m1/s1. The highest BCUT2D eigenvalue weighted by Gasteiger charge is 2.27. The van der Waals surface area contributed by atoms with Crippen LogP contribution in [0.25, 0.3) is 0 Å². The topological polar surface area (TPSA) is 15.3 Å². The van der Waals surface area contributed by atoms with E-state index in [1.807, 2.05) is 0 Å². The van der Waals surface area contributed by atoms with Crippen LogP contribution >= 0.6 is 0 Å². The number of piperazine rings is 1. The number of nitrogens with one attached hydrogen (secondary N) is 1. The second-order valence-corrected chi connectivity index (χ2v) is 4.47. The molecule has 1 rings (SSSR count). The van der Waals surface area contributed by atoms with E-state index < -0.39 is 0 Å². The molecule has 2 nitrogen and oxygen atoms in total. The average Bonchev–Trinajstić information content (AvgIpc) is 2.05. The molecular weight excluding hydrogens is 148 g/mol. The highest BCUT2D eigenvalue weighted by molar-refractivity contribution is 4.86. The monoisotopic (exact) mass is 170 g/mol. The van der Waals surface area contributed by atoms with E-state index in [1.165, 1.54) is 19.5 Å². The fraction of sp³-hybridized carbons (Fsp3) is 1.00. The van der Waals surface area contributed by atoms with Gasteiger partial charge >= 0.3 is 0 Å². The zero-order chi connectivity index (χ0) is 9.19. The molecule has 1 atom stereocenters. The first kappa shape index (κ1) is 10.0. The first-order valence-electron chi connectivity index (χ1n) is 5.04. The Morgan fingerprint density at radius 3 is 2.67 bits per heavy atom. The summed E-state index contributed by atoms with van der Waals surface area (Å²) in [6.07, 6.45) is 1.24. The van der Waals surface area contributed by atoms with E-state index in [0.717, 1.165) is 6.54 Å². The molecule has 1 aliphatic rings. The third kappa shape index (κ3) is 2.20. The van der Waals surface area contributed by atoms with Crippen LogP contribution in [0.3, 0.4) is 0 Å². The van der Waals surface area contributed by atoms with Crippen LogP contribution in [0.2, 0.25) is 0 Å². The molecule has 1 fully saturated rings. The Kier molecular flexibility index (Phi) is 3.13. The first-order chi connectivity index (χ1) is 5.56.